The maximum Gasteiger partial charge on any atom is 0.129 e. The molecule has 0 atom stereocenters. The van der Waals surface area contributed by atoms with E-state index in [0.29, 0.717) is 23.8 Å². The van der Waals surface area contributed by atoms with Gasteiger partial charge >= 0.3 is 0 Å². The molecule has 2 N–H and O–H groups in total. The molecule has 2 nitrogen and oxygen atoms in total. The predicted molar refractivity (Wildman–Crippen MR) is 73.8 cm³/mol. The minimum absolute atomic E-state index is 0.177. The molecule has 1 aromatic carbocycles. The zero-order chi connectivity index (χ0) is 13.0. The highest BCUT2D eigenvalue weighted by atomic mass is 19.1. The minimum atomic E-state index is -0.177. The Hall–Kier alpha value is -1.09. The van der Waals surface area contributed by atoms with Gasteiger partial charge in [0.05, 0.1) is 0 Å². The van der Waals surface area contributed by atoms with Gasteiger partial charge in [-0.3, -0.25) is 4.90 Å². The normalized spacial score (nSPS) is 17.3. The summed E-state index contributed by atoms with van der Waals surface area (Å²) in [6.45, 7) is 3.74. The van der Waals surface area contributed by atoms with E-state index < -0.39 is 0 Å². The molecule has 0 aliphatic heterocycles. The summed E-state index contributed by atoms with van der Waals surface area (Å²) in [4.78, 5) is 2.37. The summed E-state index contributed by atoms with van der Waals surface area (Å²) >= 11 is 0. The lowest BCUT2D eigenvalue weighted by Crippen LogP contribution is -2.36. The SMILES string of the molecule is CCN(Cc1c(N)cccc1F)C1CCCCC1. The summed E-state index contributed by atoms with van der Waals surface area (Å²) < 4.78 is 13.8. The molecule has 100 valence electrons. The van der Waals surface area contributed by atoms with Gasteiger partial charge in [0.2, 0.25) is 0 Å². The van der Waals surface area contributed by atoms with Crippen LogP contribution >= 0.6 is 0 Å². The van der Waals surface area contributed by atoms with E-state index in [1.54, 1.807) is 12.1 Å². The molecule has 0 saturated heterocycles. The van der Waals surface area contributed by atoms with Gasteiger partial charge in [0.25, 0.3) is 0 Å². The average Bonchev–Trinajstić information content (AvgIpc) is 2.40. The molecule has 1 fully saturated rings. The zero-order valence-electron chi connectivity index (χ0n) is 11.2. The highest BCUT2D eigenvalue weighted by molar-refractivity contribution is 5.47. The van der Waals surface area contributed by atoms with Crippen LogP contribution in [0.25, 0.3) is 0 Å². The second kappa shape index (κ2) is 6.19. The second-order valence-corrected chi connectivity index (χ2v) is 5.16. The zero-order valence-corrected chi connectivity index (χ0v) is 11.2. The monoisotopic (exact) mass is 250 g/mol. The summed E-state index contributed by atoms with van der Waals surface area (Å²) in [5.41, 5.74) is 7.12. The molecule has 0 heterocycles. The molecule has 1 aliphatic rings. The molecule has 3 heteroatoms. The van der Waals surface area contributed by atoms with Gasteiger partial charge in [0, 0.05) is 23.8 Å². The van der Waals surface area contributed by atoms with Crippen LogP contribution in [0.3, 0.4) is 0 Å². The first-order chi connectivity index (χ1) is 8.72. The number of benzene rings is 1. The summed E-state index contributed by atoms with van der Waals surface area (Å²) in [5.74, 6) is -0.177. The summed E-state index contributed by atoms with van der Waals surface area (Å²) in [6, 6.07) is 5.56. The van der Waals surface area contributed by atoms with E-state index in [1.807, 2.05) is 0 Å². The quantitative estimate of drug-likeness (QED) is 0.828. The van der Waals surface area contributed by atoms with E-state index in [-0.39, 0.29) is 5.82 Å². The Morgan fingerprint density at radius 1 is 1.28 bits per heavy atom. The van der Waals surface area contributed by atoms with E-state index in [1.165, 1.54) is 38.2 Å². The van der Waals surface area contributed by atoms with Gasteiger partial charge < -0.3 is 5.73 Å². The fourth-order valence-corrected chi connectivity index (χ4v) is 2.89. The number of halogens is 1. The molecule has 2 rings (SSSR count). The van der Waals surface area contributed by atoms with Gasteiger partial charge in [-0.15, -0.1) is 0 Å². The fraction of sp³-hybridized carbons (Fsp3) is 0.600. The molecular weight excluding hydrogens is 227 g/mol. The fourth-order valence-electron chi connectivity index (χ4n) is 2.89. The van der Waals surface area contributed by atoms with E-state index in [0.717, 1.165) is 6.54 Å². The van der Waals surface area contributed by atoms with Crippen molar-refractivity contribution in [3.8, 4) is 0 Å². The minimum Gasteiger partial charge on any atom is -0.398 e. The lowest BCUT2D eigenvalue weighted by Gasteiger charge is -2.33. The van der Waals surface area contributed by atoms with Crippen LogP contribution in [0.15, 0.2) is 18.2 Å². The van der Waals surface area contributed by atoms with Crippen molar-refractivity contribution in [2.75, 3.05) is 12.3 Å². The molecule has 1 aromatic rings. The van der Waals surface area contributed by atoms with Crippen LogP contribution < -0.4 is 5.73 Å². The topological polar surface area (TPSA) is 29.3 Å². The molecule has 0 aromatic heterocycles. The number of hydrogen-bond donors (Lipinski definition) is 1. The van der Waals surface area contributed by atoms with Gasteiger partial charge in [-0.2, -0.15) is 0 Å². The van der Waals surface area contributed by atoms with Gasteiger partial charge in [-0.25, -0.2) is 4.39 Å². The third-order valence-electron chi connectivity index (χ3n) is 4.01. The van der Waals surface area contributed by atoms with Crippen molar-refractivity contribution in [3.63, 3.8) is 0 Å². The molecule has 0 amide bonds. The van der Waals surface area contributed by atoms with Crippen LogP contribution in [-0.2, 0) is 6.54 Å². The first kappa shape index (κ1) is 13.3. The van der Waals surface area contributed by atoms with E-state index in [9.17, 15) is 4.39 Å². The first-order valence-corrected chi connectivity index (χ1v) is 6.99. The first-order valence-electron chi connectivity index (χ1n) is 6.99. The van der Waals surface area contributed by atoms with Gasteiger partial charge in [-0.1, -0.05) is 32.3 Å². The summed E-state index contributed by atoms with van der Waals surface area (Å²) in [6.07, 6.45) is 6.42. The van der Waals surface area contributed by atoms with Crippen molar-refractivity contribution in [1.29, 1.82) is 0 Å². The standard InChI is InChI=1S/C15H23FN2/c1-2-18(12-7-4-3-5-8-12)11-13-14(16)9-6-10-15(13)17/h6,9-10,12H,2-5,7-8,11,17H2,1H3. The Morgan fingerprint density at radius 2 is 2.00 bits per heavy atom. The number of nitrogens with zero attached hydrogens (tertiary/aromatic N) is 1. The summed E-state index contributed by atoms with van der Waals surface area (Å²) in [5, 5.41) is 0. The van der Waals surface area contributed by atoms with Crippen molar-refractivity contribution in [2.24, 2.45) is 0 Å². The smallest absolute Gasteiger partial charge is 0.129 e. The van der Waals surface area contributed by atoms with Gasteiger partial charge in [0.15, 0.2) is 0 Å². The Kier molecular flexibility index (Phi) is 4.59. The van der Waals surface area contributed by atoms with Gasteiger partial charge in [0.1, 0.15) is 5.82 Å². The Labute approximate surface area is 109 Å². The molecule has 1 saturated carbocycles. The average molecular weight is 250 g/mol. The second-order valence-electron chi connectivity index (χ2n) is 5.16. The van der Waals surface area contributed by atoms with Crippen LogP contribution in [0.2, 0.25) is 0 Å². The van der Waals surface area contributed by atoms with Crippen LogP contribution in [0.5, 0.6) is 0 Å². The maximum absolute atomic E-state index is 13.8. The Balaban J connectivity index is 2.09. The van der Waals surface area contributed by atoms with Crippen LogP contribution in [0.4, 0.5) is 10.1 Å². The number of hydrogen-bond acceptors (Lipinski definition) is 2. The third-order valence-corrected chi connectivity index (χ3v) is 4.01. The number of rotatable bonds is 4. The van der Waals surface area contributed by atoms with Crippen molar-refractivity contribution >= 4 is 5.69 Å². The highest BCUT2D eigenvalue weighted by Gasteiger charge is 2.21. The lowest BCUT2D eigenvalue weighted by atomic mass is 9.93. The maximum atomic E-state index is 13.8. The molecule has 0 unspecified atom stereocenters. The predicted octanol–water partition coefficient (Wildman–Crippen LogP) is 3.56. The molecule has 18 heavy (non-hydrogen) atoms. The van der Waals surface area contributed by atoms with Crippen molar-refractivity contribution in [1.82, 2.24) is 4.90 Å². The van der Waals surface area contributed by atoms with Crippen molar-refractivity contribution < 1.29 is 4.39 Å². The lowest BCUT2D eigenvalue weighted by molar-refractivity contribution is 0.154. The molecule has 1 aliphatic carbocycles. The van der Waals surface area contributed by atoms with Crippen LogP contribution in [-0.4, -0.2) is 17.5 Å². The van der Waals surface area contributed by atoms with Gasteiger partial charge in [-0.05, 0) is 31.5 Å². The molecule has 0 bridgehead atoms. The van der Waals surface area contributed by atoms with Crippen molar-refractivity contribution in [3.05, 3.63) is 29.6 Å². The largest absolute Gasteiger partial charge is 0.398 e. The number of nitrogens with two attached hydrogens (primary N) is 1. The van der Waals surface area contributed by atoms with Crippen LogP contribution in [0.1, 0.15) is 44.6 Å². The Morgan fingerprint density at radius 3 is 2.61 bits per heavy atom. The highest BCUT2D eigenvalue weighted by Crippen LogP contribution is 2.26. The third kappa shape index (κ3) is 3.02. The van der Waals surface area contributed by atoms with E-state index in [2.05, 4.69) is 11.8 Å². The van der Waals surface area contributed by atoms with Crippen LogP contribution in [0, 0.1) is 5.82 Å². The molecular formula is C15H23FN2. The number of anilines is 1. The van der Waals surface area contributed by atoms with Crippen molar-refractivity contribution in [2.45, 2.75) is 51.6 Å². The van der Waals surface area contributed by atoms with E-state index >= 15 is 0 Å². The summed E-state index contributed by atoms with van der Waals surface area (Å²) in [7, 11) is 0. The van der Waals surface area contributed by atoms with E-state index in [4.69, 9.17) is 5.73 Å². The Bertz CT molecular complexity index is 366. The molecule has 0 spiro atoms. The molecule has 0 radical (unpaired) electrons. The number of nitrogen functional groups attached to an aromatic ring is 1.